The Balaban J connectivity index is 3.59. The van der Waals surface area contributed by atoms with Crippen LogP contribution in [0.25, 0.3) is 0 Å². The average Bonchev–Trinajstić information content (AvgIpc) is 2.64. The van der Waals surface area contributed by atoms with Gasteiger partial charge in [-0.1, -0.05) is 122 Å². The summed E-state index contributed by atoms with van der Waals surface area (Å²) in [4.78, 5) is 0. The molecule has 0 saturated heterocycles. The van der Waals surface area contributed by atoms with E-state index in [0.717, 1.165) is 0 Å². The predicted octanol–water partition coefficient (Wildman–Crippen LogP) is 10.8. The minimum absolute atomic E-state index is 1.18. The van der Waals surface area contributed by atoms with E-state index < -0.39 is 25.2 Å². The van der Waals surface area contributed by atoms with E-state index in [1.54, 1.807) is 0 Å². The molecule has 0 radical (unpaired) electrons. The second-order valence-corrected chi connectivity index (χ2v) is 25.2. The average molecular weight is 503 g/mol. The minimum atomic E-state index is -2.01. The molecule has 0 aromatic heterocycles. The van der Waals surface area contributed by atoms with Crippen molar-refractivity contribution in [1.82, 2.24) is 0 Å². The fourth-order valence-corrected chi connectivity index (χ4v) is 17.4. The van der Waals surface area contributed by atoms with E-state index in [1.165, 1.54) is 122 Å². The Morgan fingerprint density at radius 2 is 0.625 bits per heavy atom. The van der Waals surface area contributed by atoms with Crippen LogP contribution in [0.5, 0.6) is 0 Å². The first kappa shape index (κ1) is 32.6. The Bertz CT molecular complexity index is 400. The molecule has 0 atom stereocenters. The highest BCUT2D eigenvalue weighted by Crippen LogP contribution is 2.26. The normalized spacial score (nSPS) is 13.1. The van der Waals surface area contributed by atoms with Gasteiger partial charge in [-0.2, -0.15) is 0 Å². The molecule has 0 bridgehead atoms. The Hall–Kier alpha value is 0.571. The maximum absolute atomic E-state index is 6.62. The van der Waals surface area contributed by atoms with E-state index >= 15 is 0 Å². The quantitative estimate of drug-likeness (QED) is 0.102. The molecule has 0 aromatic rings. The monoisotopic (exact) mass is 502 g/mol. The molecule has 0 fully saturated rings. The van der Waals surface area contributed by atoms with Gasteiger partial charge in [-0.25, -0.2) is 0 Å². The van der Waals surface area contributed by atoms with Crippen LogP contribution in [0.1, 0.15) is 122 Å². The Labute approximate surface area is 207 Å². The zero-order chi connectivity index (χ0) is 24.3. The van der Waals surface area contributed by atoms with E-state index in [9.17, 15) is 0 Å². The van der Waals surface area contributed by atoms with E-state index in [-0.39, 0.29) is 0 Å². The highest BCUT2D eigenvalue weighted by Gasteiger charge is 2.39. The summed E-state index contributed by atoms with van der Waals surface area (Å²) in [5, 5.41) is 0. The molecule has 194 valence electrons. The van der Waals surface area contributed by atoms with Crippen LogP contribution in [0, 0.1) is 0 Å². The molecule has 0 aliphatic carbocycles. The van der Waals surface area contributed by atoms with Gasteiger partial charge in [0.15, 0.2) is 16.6 Å². The summed E-state index contributed by atoms with van der Waals surface area (Å²) in [6.07, 6.45) is 25.8. The highest BCUT2D eigenvalue weighted by atomic mass is 28.5. The van der Waals surface area contributed by atoms with Crippen molar-refractivity contribution in [1.29, 1.82) is 0 Å². The van der Waals surface area contributed by atoms with Crippen LogP contribution in [-0.2, 0) is 8.23 Å². The van der Waals surface area contributed by atoms with Crippen molar-refractivity contribution in [3.8, 4) is 0 Å². The summed E-state index contributed by atoms with van der Waals surface area (Å²) in [5.74, 6) is 0. The first-order valence-corrected chi connectivity index (χ1v) is 23.7. The molecule has 0 rings (SSSR count). The van der Waals surface area contributed by atoms with Gasteiger partial charge >= 0.3 is 8.56 Å². The minimum Gasteiger partial charge on any atom is -0.437 e. The molecule has 0 saturated carbocycles. The molecule has 0 heterocycles. The van der Waals surface area contributed by atoms with E-state index in [2.05, 4.69) is 52.8 Å². The van der Waals surface area contributed by atoms with Crippen LogP contribution in [0.3, 0.4) is 0 Å². The lowest BCUT2D eigenvalue weighted by atomic mass is 10.0. The zero-order valence-electron chi connectivity index (χ0n) is 23.8. The lowest BCUT2D eigenvalue weighted by Gasteiger charge is -2.38. The Morgan fingerprint density at radius 1 is 0.375 bits per heavy atom. The Kier molecular flexibility index (Phi) is 19.2. The summed E-state index contributed by atoms with van der Waals surface area (Å²) in [5.41, 5.74) is 0. The summed E-state index contributed by atoms with van der Waals surface area (Å²) >= 11 is 0. The molecule has 2 nitrogen and oxygen atoms in total. The van der Waals surface area contributed by atoms with Crippen molar-refractivity contribution in [3.05, 3.63) is 0 Å². The third-order valence-electron chi connectivity index (χ3n) is 6.03. The molecule has 32 heavy (non-hydrogen) atoms. The summed E-state index contributed by atoms with van der Waals surface area (Å²) < 4.78 is 13.2. The molecular formula is C27H62O2Si3. The third kappa shape index (κ3) is 23.7. The van der Waals surface area contributed by atoms with Crippen molar-refractivity contribution < 1.29 is 8.23 Å². The lowest BCUT2D eigenvalue weighted by Crippen LogP contribution is -2.52. The second-order valence-electron chi connectivity index (χ2n) is 12.3. The van der Waals surface area contributed by atoms with Crippen molar-refractivity contribution in [2.45, 2.75) is 174 Å². The van der Waals surface area contributed by atoms with Crippen LogP contribution in [0.15, 0.2) is 0 Å². The molecule has 0 aromatic carbocycles. The summed E-state index contributed by atoms with van der Waals surface area (Å²) in [6.45, 7) is 18.5. The second kappa shape index (κ2) is 18.8. The van der Waals surface area contributed by atoms with Crippen LogP contribution >= 0.6 is 0 Å². The van der Waals surface area contributed by atoms with Crippen LogP contribution in [0.4, 0.5) is 0 Å². The number of rotatable bonds is 23. The maximum Gasteiger partial charge on any atom is 0.314 e. The number of hydrogen-bond acceptors (Lipinski definition) is 2. The molecule has 0 spiro atoms. The van der Waals surface area contributed by atoms with Gasteiger partial charge in [-0.3, -0.25) is 0 Å². The molecule has 5 heteroatoms. The first-order chi connectivity index (χ1) is 15.0. The van der Waals surface area contributed by atoms with Crippen molar-refractivity contribution in [2.75, 3.05) is 0 Å². The van der Waals surface area contributed by atoms with Crippen molar-refractivity contribution >= 4 is 25.2 Å². The van der Waals surface area contributed by atoms with E-state index in [1.807, 2.05) is 0 Å². The van der Waals surface area contributed by atoms with Gasteiger partial charge in [-0.05, 0) is 51.9 Å². The fourth-order valence-electron chi connectivity index (χ4n) is 4.77. The number of unbranched alkanes of at least 4 members (excludes halogenated alkanes) is 17. The van der Waals surface area contributed by atoms with Gasteiger partial charge in [0, 0.05) is 0 Å². The van der Waals surface area contributed by atoms with Crippen molar-refractivity contribution in [2.24, 2.45) is 0 Å². The standard InChI is InChI=1S/C27H62O2Si3/c1-9-10-11-12-13-14-15-16-17-18-19-20-21-22-23-24-25-26-27-32(8,28-30(2,3)4)29-31(5,6)7/h9-27H2,1-8H3. The summed E-state index contributed by atoms with van der Waals surface area (Å²) in [7, 11) is -5.10. The maximum atomic E-state index is 6.62. The lowest BCUT2D eigenvalue weighted by molar-refractivity contribution is 0.380. The predicted molar refractivity (Wildman–Crippen MR) is 154 cm³/mol. The molecular weight excluding hydrogens is 441 g/mol. The SMILES string of the molecule is CCCCCCCCCCCCCCCCCCCC[Si](C)(O[Si](C)(C)C)O[Si](C)(C)C. The largest absolute Gasteiger partial charge is 0.437 e. The summed E-state index contributed by atoms with van der Waals surface area (Å²) in [6, 6.07) is 1.18. The molecule has 0 unspecified atom stereocenters. The van der Waals surface area contributed by atoms with Crippen LogP contribution < -0.4 is 0 Å². The van der Waals surface area contributed by atoms with Gasteiger partial charge in [0.25, 0.3) is 0 Å². The molecule has 0 aliphatic heterocycles. The van der Waals surface area contributed by atoms with Crippen molar-refractivity contribution in [3.63, 3.8) is 0 Å². The first-order valence-electron chi connectivity index (χ1n) is 14.4. The van der Waals surface area contributed by atoms with E-state index in [0.29, 0.717) is 0 Å². The van der Waals surface area contributed by atoms with Crippen LogP contribution in [-0.4, -0.2) is 25.2 Å². The smallest absolute Gasteiger partial charge is 0.314 e. The van der Waals surface area contributed by atoms with Gasteiger partial charge in [0.1, 0.15) is 0 Å². The van der Waals surface area contributed by atoms with Gasteiger partial charge in [-0.15, -0.1) is 0 Å². The van der Waals surface area contributed by atoms with E-state index in [4.69, 9.17) is 8.23 Å². The zero-order valence-corrected chi connectivity index (χ0v) is 26.8. The van der Waals surface area contributed by atoms with Gasteiger partial charge in [0.2, 0.25) is 0 Å². The van der Waals surface area contributed by atoms with Crippen LogP contribution in [0.2, 0.25) is 51.9 Å². The Morgan fingerprint density at radius 3 is 0.875 bits per heavy atom. The highest BCUT2D eigenvalue weighted by molar-refractivity contribution is 6.87. The van der Waals surface area contributed by atoms with Gasteiger partial charge < -0.3 is 8.23 Å². The number of hydrogen-bond donors (Lipinski definition) is 0. The third-order valence-corrected chi connectivity index (χ3v) is 15.6. The molecule has 0 aliphatic rings. The van der Waals surface area contributed by atoms with Gasteiger partial charge in [0.05, 0.1) is 0 Å². The topological polar surface area (TPSA) is 18.5 Å². The molecule has 0 amide bonds. The molecule has 0 N–H and O–H groups in total. The fraction of sp³-hybridized carbons (Fsp3) is 1.00.